The molecule has 2 aromatic heterocycles. The molecule has 19 heavy (non-hydrogen) atoms. The number of nitrogens with zero attached hydrogens (tertiary/aromatic N) is 1. The molecule has 96 valence electrons. The van der Waals surface area contributed by atoms with Crippen molar-refractivity contribution in [3.05, 3.63) is 62.2 Å². The van der Waals surface area contributed by atoms with E-state index in [1.807, 2.05) is 25.1 Å². The van der Waals surface area contributed by atoms with Gasteiger partial charge < -0.3 is 4.98 Å². The van der Waals surface area contributed by atoms with E-state index < -0.39 is 0 Å². The summed E-state index contributed by atoms with van der Waals surface area (Å²) in [6.07, 6.45) is 0. The number of pyridine rings is 1. The minimum Gasteiger partial charge on any atom is -0.343 e. The SMILES string of the molecule is Cc1[nH]c2[nH]n(-c3ccccc3)c(=O)c2c(=O)c1C. The van der Waals surface area contributed by atoms with Crippen molar-refractivity contribution < 1.29 is 0 Å². The molecule has 0 saturated heterocycles. The van der Waals surface area contributed by atoms with Gasteiger partial charge in [-0.15, -0.1) is 0 Å². The van der Waals surface area contributed by atoms with E-state index in [-0.39, 0.29) is 16.4 Å². The zero-order chi connectivity index (χ0) is 13.6. The Hall–Kier alpha value is -2.56. The highest BCUT2D eigenvalue weighted by atomic mass is 16.1. The highest BCUT2D eigenvalue weighted by molar-refractivity contribution is 5.75. The van der Waals surface area contributed by atoms with E-state index in [0.29, 0.717) is 16.9 Å². The van der Waals surface area contributed by atoms with Gasteiger partial charge in [0.05, 0.1) is 5.69 Å². The Bertz CT molecular complexity index is 869. The van der Waals surface area contributed by atoms with Crippen molar-refractivity contribution in [1.82, 2.24) is 14.8 Å². The molecule has 3 aromatic rings. The van der Waals surface area contributed by atoms with Crippen LogP contribution in [0.3, 0.4) is 0 Å². The van der Waals surface area contributed by atoms with Crippen LogP contribution in [-0.4, -0.2) is 14.8 Å². The molecule has 5 nitrogen and oxygen atoms in total. The molecule has 0 bridgehead atoms. The number of aromatic nitrogens is 3. The zero-order valence-electron chi connectivity index (χ0n) is 10.7. The van der Waals surface area contributed by atoms with Crippen LogP contribution in [0.15, 0.2) is 39.9 Å². The lowest BCUT2D eigenvalue weighted by Crippen LogP contribution is -2.19. The van der Waals surface area contributed by atoms with E-state index in [0.717, 1.165) is 5.69 Å². The molecular weight excluding hydrogens is 242 g/mol. The summed E-state index contributed by atoms with van der Waals surface area (Å²) in [6.45, 7) is 3.53. The fourth-order valence-electron chi connectivity index (χ4n) is 2.14. The summed E-state index contributed by atoms with van der Waals surface area (Å²) < 4.78 is 1.38. The van der Waals surface area contributed by atoms with Crippen molar-refractivity contribution in [1.29, 1.82) is 0 Å². The molecule has 0 aliphatic heterocycles. The predicted molar refractivity (Wildman–Crippen MR) is 74.0 cm³/mol. The number of hydrogen-bond donors (Lipinski definition) is 2. The lowest BCUT2D eigenvalue weighted by atomic mass is 10.2. The minimum atomic E-state index is -0.328. The first-order chi connectivity index (χ1) is 9.09. The van der Waals surface area contributed by atoms with Gasteiger partial charge in [0.1, 0.15) is 11.0 Å². The third kappa shape index (κ3) is 1.62. The van der Waals surface area contributed by atoms with Crippen molar-refractivity contribution in [2.75, 3.05) is 0 Å². The Balaban J connectivity index is 2.43. The molecule has 2 N–H and O–H groups in total. The molecule has 0 radical (unpaired) electrons. The molecule has 1 aromatic carbocycles. The van der Waals surface area contributed by atoms with Gasteiger partial charge in [-0.25, -0.2) is 4.68 Å². The highest BCUT2D eigenvalue weighted by Gasteiger charge is 2.14. The summed E-state index contributed by atoms with van der Waals surface area (Å²) >= 11 is 0. The topological polar surface area (TPSA) is 70.7 Å². The van der Waals surface area contributed by atoms with E-state index in [2.05, 4.69) is 10.1 Å². The number of nitrogens with one attached hydrogen (secondary N) is 2. The monoisotopic (exact) mass is 255 g/mol. The Labute approximate surface area is 108 Å². The van der Waals surface area contributed by atoms with Crippen LogP contribution in [0.4, 0.5) is 0 Å². The molecule has 2 heterocycles. The average Bonchev–Trinajstić information content (AvgIpc) is 2.74. The van der Waals surface area contributed by atoms with Gasteiger partial charge in [0.25, 0.3) is 5.56 Å². The second-order valence-corrected chi connectivity index (χ2v) is 4.54. The molecule has 0 unspecified atom stereocenters. The first-order valence-electron chi connectivity index (χ1n) is 5.99. The molecule has 0 amide bonds. The van der Waals surface area contributed by atoms with Crippen LogP contribution in [0.25, 0.3) is 16.7 Å². The Kier molecular flexibility index (Phi) is 2.41. The Morgan fingerprint density at radius 1 is 1.05 bits per heavy atom. The van der Waals surface area contributed by atoms with Crippen LogP contribution < -0.4 is 11.0 Å². The van der Waals surface area contributed by atoms with Crippen molar-refractivity contribution in [3.63, 3.8) is 0 Å². The standard InChI is InChI=1S/C14H13N3O2/c1-8-9(2)15-13-11(12(8)18)14(19)17(16-13)10-6-4-3-5-7-10/h3-7H,1-2H3,(H2,15,16,18). The summed E-state index contributed by atoms with van der Waals surface area (Å²) in [6, 6.07) is 9.16. The number of para-hydroxylation sites is 1. The Morgan fingerprint density at radius 2 is 1.74 bits per heavy atom. The molecule has 0 saturated carbocycles. The molecule has 5 heteroatoms. The largest absolute Gasteiger partial charge is 0.343 e. The van der Waals surface area contributed by atoms with Gasteiger partial charge in [-0.1, -0.05) is 18.2 Å². The summed E-state index contributed by atoms with van der Waals surface area (Å²) in [5.74, 6) is 0. The fraction of sp³-hybridized carbons (Fsp3) is 0.143. The van der Waals surface area contributed by atoms with Gasteiger partial charge >= 0.3 is 0 Å². The summed E-state index contributed by atoms with van der Waals surface area (Å²) in [5, 5.41) is 3.11. The van der Waals surface area contributed by atoms with Crippen molar-refractivity contribution >= 4 is 11.0 Å². The molecule has 0 spiro atoms. The number of rotatable bonds is 1. The van der Waals surface area contributed by atoms with Gasteiger partial charge in [0.15, 0.2) is 5.43 Å². The number of hydrogen-bond acceptors (Lipinski definition) is 2. The van der Waals surface area contributed by atoms with Crippen LogP contribution in [0.2, 0.25) is 0 Å². The lowest BCUT2D eigenvalue weighted by Gasteiger charge is -1.99. The number of aryl methyl sites for hydroxylation is 1. The Morgan fingerprint density at radius 3 is 2.42 bits per heavy atom. The molecule has 0 aliphatic carbocycles. The number of benzene rings is 1. The third-order valence-corrected chi connectivity index (χ3v) is 3.35. The van der Waals surface area contributed by atoms with Crippen molar-refractivity contribution in [3.8, 4) is 5.69 Å². The van der Waals surface area contributed by atoms with Gasteiger partial charge in [-0.05, 0) is 26.0 Å². The van der Waals surface area contributed by atoms with E-state index in [1.54, 1.807) is 19.1 Å². The van der Waals surface area contributed by atoms with Gasteiger partial charge in [0.2, 0.25) is 0 Å². The number of aromatic amines is 2. The van der Waals surface area contributed by atoms with Crippen molar-refractivity contribution in [2.24, 2.45) is 0 Å². The second kappa shape index (κ2) is 3.98. The summed E-state index contributed by atoms with van der Waals surface area (Å²) in [5.41, 5.74) is 1.95. The maximum Gasteiger partial charge on any atom is 0.284 e. The normalized spacial score (nSPS) is 11.1. The van der Waals surface area contributed by atoms with Crippen LogP contribution in [0, 0.1) is 13.8 Å². The second-order valence-electron chi connectivity index (χ2n) is 4.54. The first kappa shape index (κ1) is 11.5. The zero-order valence-corrected chi connectivity index (χ0v) is 10.7. The van der Waals surface area contributed by atoms with Crippen molar-refractivity contribution in [2.45, 2.75) is 13.8 Å². The lowest BCUT2D eigenvalue weighted by molar-refractivity contribution is 0.857. The maximum atomic E-state index is 12.3. The predicted octanol–water partition coefficient (Wildman–Crippen LogP) is 1.62. The number of fused-ring (bicyclic) bond motifs is 1. The highest BCUT2D eigenvalue weighted by Crippen LogP contribution is 2.08. The summed E-state index contributed by atoms with van der Waals surface area (Å²) in [7, 11) is 0. The van der Waals surface area contributed by atoms with E-state index in [1.165, 1.54) is 4.68 Å². The van der Waals surface area contributed by atoms with E-state index >= 15 is 0 Å². The molecule has 0 fully saturated rings. The van der Waals surface area contributed by atoms with Gasteiger partial charge in [-0.3, -0.25) is 14.7 Å². The molecule has 0 aliphatic rings. The molecule has 3 rings (SSSR count). The summed E-state index contributed by atoms with van der Waals surface area (Å²) in [4.78, 5) is 27.5. The first-order valence-corrected chi connectivity index (χ1v) is 5.99. The molecular formula is C14H13N3O2. The average molecular weight is 255 g/mol. The third-order valence-electron chi connectivity index (χ3n) is 3.35. The quantitative estimate of drug-likeness (QED) is 0.693. The van der Waals surface area contributed by atoms with E-state index in [4.69, 9.17) is 0 Å². The minimum absolute atomic E-state index is 0.173. The fourth-order valence-corrected chi connectivity index (χ4v) is 2.14. The van der Waals surface area contributed by atoms with Crippen LogP contribution in [-0.2, 0) is 0 Å². The number of H-pyrrole nitrogens is 2. The van der Waals surface area contributed by atoms with Crippen LogP contribution >= 0.6 is 0 Å². The molecule has 0 atom stereocenters. The van der Waals surface area contributed by atoms with Gasteiger partial charge in [-0.2, -0.15) is 0 Å². The van der Waals surface area contributed by atoms with Gasteiger partial charge in [0, 0.05) is 11.3 Å². The maximum absolute atomic E-state index is 12.3. The smallest absolute Gasteiger partial charge is 0.284 e. The van der Waals surface area contributed by atoms with E-state index in [9.17, 15) is 9.59 Å². The van der Waals surface area contributed by atoms with Crippen LogP contribution in [0.1, 0.15) is 11.3 Å². The van der Waals surface area contributed by atoms with Crippen LogP contribution in [0.5, 0.6) is 0 Å².